The van der Waals surface area contributed by atoms with Crippen LogP contribution in [0.1, 0.15) is 5.56 Å². The van der Waals surface area contributed by atoms with E-state index in [0.717, 1.165) is 6.07 Å². The molecule has 17 heavy (non-hydrogen) atoms. The van der Waals surface area contributed by atoms with Crippen LogP contribution >= 0.6 is 22.6 Å². The number of halogens is 6. The van der Waals surface area contributed by atoms with Gasteiger partial charge >= 0.3 is 12.1 Å². The average Bonchev–Trinajstić information content (AvgIpc) is 2.61. The van der Waals surface area contributed by atoms with Crippen LogP contribution < -0.4 is 9.47 Å². The first-order valence-corrected chi connectivity index (χ1v) is 5.35. The maximum atomic E-state index is 13.2. The molecule has 0 N–H and O–H groups in total. The topological polar surface area (TPSA) is 18.5 Å². The minimum atomic E-state index is -5.64. The molecule has 8 heteroatoms. The van der Waals surface area contributed by atoms with Crippen LogP contribution in [-0.2, 0) is 5.92 Å². The Morgan fingerprint density at radius 2 is 1.53 bits per heavy atom. The van der Waals surface area contributed by atoms with E-state index in [1.54, 1.807) is 0 Å². The third-order valence-corrected chi connectivity index (χ3v) is 3.05. The molecule has 0 bridgehead atoms. The van der Waals surface area contributed by atoms with Crippen molar-refractivity contribution in [2.45, 2.75) is 12.1 Å². The van der Waals surface area contributed by atoms with Crippen molar-refractivity contribution in [3.63, 3.8) is 0 Å². The molecular weight excluding hydrogens is 362 g/mol. The molecule has 1 aromatic rings. The monoisotopic (exact) mass is 366 g/mol. The molecule has 0 fully saturated rings. The second-order valence-electron chi connectivity index (χ2n) is 3.26. The van der Waals surface area contributed by atoms with Gasteiger partial charge in [-0.3, -0.25) is 0 Å². The van der Waals surface area contributed by atoms with Gasteiger partial charge in [-0.1, -0.05) is 0 Å². The van der Waals surface area contributed by atoms with Gasteiger partial charge < -0.3 is 9.47 Å². The van der Waals surface area contributed by atoms with Crippen LogP contribution in [0.5, 0.6) is 11.5 Å². The van der Waals surface area contributed by atoms with E-state index >= 15 is 0 Å². The highest BCUT2D eigenvalue weighted by molar-refractivity contribution is 14.1. The van der Waals surface area contributed by atoms with Crippen molar-refractivity contribution in [1.29, 1.82) is 0 Å². The van der Waals surface area contributed by atoms with Gasteiger partial charge in [-0.05, 0) is 34.7 Å². The molecular formula is C9H4F5IO2. The summed E-state index contributed by atoms with van der Waals surface area (Å²) in [6, 6.07) is 1.76. The van der Waals surface area contributed by atoms with Crippen molar-refractivity contribution in [2.24, 2.45) is 0 Å². The zero-order chi connectivity index (χ0) is 12.8. The molecule has 0 aliphatic carbocycles. The highest BCUT2D eigenvalue weighted by Crippen LogP contribution is 2.48. The van der Waals surface area contributed by atoms with Crippen LogP contribution in [0.25, 0.3) is 0 Å². The van der Waals surface area contributed by atoms with Crippen LogP contribution in [-0.4, -0.2) is 13.0 Å². The molecule has 0 aromatic heterocycles. The van der Waals surface area contributed by atoms with E-state index < -0.39 is 17.7 Å². The van der Waals surface area contributed by atoms with Crippen molar-refractivity contribution in [3.8, 4) is 11.5 Å². The van der Waals surface area contributed by atoms with E-state index in [4.69, 9.17) is 9.47 Å². The minimum Gasteiger partial charge on any atom is -0.454 e. The first-order valence-electron chi connectivity index (χ1n) is 4.27. The summed E-state index contributed by atoms with van der Waals surface area (Å²) in [7, 11) is 0. The molecule has 0 atom stereocenters. The van der Waals surface area contributed by atoms with Crippen molar-refractivity contribution < 1.29 is 31.4 Å². The fourth-order valence-corrected chi connectivity index (χ4v) is 2.09. The zero-order valence-electron chi connectivity index (χ0n) is 7.95. The van der Waals surface area contributed by atoms with E-state index in [2.05, 4.69) is 0 Å². The molecule has 0 unspecified atom stereocenters. The Bertz CT molecular complexity index is 457. The summed E-state index contributed by atoms with van der Waals surface area (Å²) in [5.41, 5.74) is -1.13. The predicted octanol–water partition coefficient (Wildman–Crippen LogP) is 3.67. The molecule has 0 saturated heterocycles. The third kappa shape index (κ3) is 2.02. The van der Waals surface area contributed by atoms with Gasteiger partial charge in [0, 0.05) is 9.13 Å². The van der Waals surface area contributed by atoms with Crippen molar-refractivity contribution in [3.05, 3.63) is 21.3 Å². The largest absolute Gasteiger partial charge is 0.458 e. The molecule has 0 radical (unpaired) electrons. The summed E-state index contributed by atoms with van der Waals surface area (Å²) in [4.78, 5) is 0. The number of alkyl halides is 5. The molecule has 0 spiro atoms. The average molecular weight is 366 g/mol. The summed E-state index contributed by atoms with van der Waals surface area (Å²) in [6.07, 6.45) is -5.64. The van der Waals surface area contributed by atoms with Crippen LogP contribution in [0.3, 0.4) is 0 Å². The summed E-state index contributed by atoms with van der Waals surface area (Å²) in [5, 5.41) is 0. The Morgan fingerprint density at radius 1 is 1.00 bits per heavy atom. The zero-order valence-corrected chi connectivity index (χ0v) is 10.1. The normalized spacial score (nSPS) is 15.2. The van der Waals surface area contributed by atoms with Gasteiger partial charge in [-0.25, -0.2) is 0 Å². The lowest BCUT2D eigenvalue weighted by atomic mass is 10.1. The molecule has 1 heterocycles. The Balaban J connectivity index is 2.53. The van der Waals surface area contributed by atoms with Crippen LogP contribution in [0.4, 0.5) is 22.0 Å². The molecule has 1 aromatic carbocycles. The summed E-state index contributed by atoms with van der Waals surface area (Å²) < 4.78 is 72.4. The number of fused-ring (bicyclic) bond motifs is 1. The molecule has 2 nitrogen and oxygen atoms in total. The first kappa shape index (κ1) is 12.7. The predicted molar refractivity (Wildman–Crippen MR) is 55.2 cm³/mol. The molecule has 2 rings (SSSR count). The van der Waals surface area contributed by atoms with Gasteiger partial charge in [-0.15, -0.1) is 0 Å². The molecule has 1 aliphatic rings. The van der Waals surface area contributed by atoms with Crippen molar-refractivity contribution in [2.75, 3.05) is 6.79 Å². The van der Waals surface area contributed by atoms with Gasteiger partial charge in [-0.2, -0.15) is 22.0 Å². The highest BCUT2D eigenvalue weighted by Gasteiger charge is 2.59. The Hall–Kier alpha value is -0.800. The lowest BCUT2D eigenvalue weighted by molar-refractivity contribution is -0.289. The van der Waals surface area contributed by atoms with E-state index in [0.29, 0.717) is 6.07 Å². The summed E-state index contributed by atoms with van der Waals surface area (Å²) in [5.74, 6) is -4.86. The lowest BCUT2D eigenvalue weighted by Crippen LogP contribution is -2.34. The minimum absolute atomic E-state index is 0.107. The van der Waals surface area contributed by atoms with Crippen molar-refractivity contribution in [1.82, 2.24) is 0 Å². The fraction of sp³-hybridized carbons (Fsp3) is 0.333. The smallest absolute Gasteiger partial charge is 0.454 e. The van der Waals surface area contributed by atoms with E-state index in [9.17, 15) is 22.0 Å². The van der Waals surface area contributed by atoms with Crippen LogP contribution in [0.15, 0.2) is 12.1 Å². The van der Waals surface area contributed by atoms with Gasteiger partial charge in [0.1, 0.15) is 0 Å². The first-order chi connectivity index (χ1) is 7.73. The Kier molecular flexibility index (Phi) is 2.87. The number of hydrogen-bond acceptors (Lipinski definition) is 2. The highest BCUT2D eigenvalue weighted by atomic mass is 127. The lowest BCUT2D eigenvalue weighted by Gasteiger charge is -2.21. The number of rotatable bonds is 1. The van der Waals surface area contributed by atoms with Gasteiger partial charge in [0.2, 0.25) is 6.79 Å². The third-order valence-electron chi connectivity index (χ3n) is 2.16. The standard InChI is InChI=1S/C9H4F5IO2/c10-8(11,9(12,13)14)4-1-6-7(2-5(4)15)17-3-16-6/h1-2H,3H2. The van der Waals surface area contributed by atoms with E-state index in [1.807, 2.05) is 0 Å². The quantitative estimate of drug-likeness (QED) is 0.558. The Morgan fingerprint density at radius 3 is 2.06 bits per heavy atom. The van der Waals surface area contributed by atoms with E-state index in [-0.39, 0.29) is 21.9 Å². The molecule has 0 amide bonds. The van der Waals surface area contributed by atoms with Gasteiger partial charge in [0.25, 0.3) is 0 Å². The molecule has 94 valence electrons. The SMILES string of the molecule is FC(F)(F)C(F)(F)c1cc2c(cc1I)OCO2. The van der Waals surface area contributed by atoms with Gasteiger partial charge in [0.15, 0.2) is 11.5 Å². The second kappa shape index (κ2) is 3.85. The van der Waals surface area contributed by atoms with Crippen LogP contribution in [0, 0.1) is 3.57 Å². The molecule has 0 saturated carbocycles. The number of hydrogen-bond donors (Lipinski definition) is 0. The summed E-state index contributed by atoms with van der Waals surface area (Å²) in [6.45, 7) is -0.188. The maximum Gasteiger partial charge on any atom is 0.458 e. The second-order valence-corrected chi connectivity index (χ2v) is 4.42. The fourth-order valence-electron chi connectivity index (χ4n) is 1.31. The van der Waals surface area contributed by atoms with Crippen LogP contribution in [0.2, 0.25) is 0 Å². The number of benzene rings is 1. The van der Waals surface area contributed by atoms with Gasteiger partial charge in [0.05, 0.1) is 0 Å². The molecule has 1 aliphatic heterocycles. The maximum absolute atomic E-state index is 13.2. The van der Waals surface area contributed by atoms with E-state index in [1.165, 1.54) is 22.6 Å². The number of ether oxygens (including phenoxy) is 2. The summed E-state index contributed by atoms with van der Waals surface area (Å²) >= 11 is 1.40. The Labute approximate surface area is 106 Å². The van der Waals surface area contributed by atoms with Crippen molar-refractivity contribution >= 4 is 22.6 Å².